The Morgan fingerprint density at radius 3 is 2.47 bits per heavy atom. The molecular formula is C10H18N2O3. The molecule has 0 saturated carbocycles. The Bertz CT molecular complexity index is 288. The van der Waals surface area contributed by atoms with Crippen molar-refractivity contribution in [1.29, 1.82) is 0 Å². The Morgan fingerprint density at radius 1 is 1.47 bits per heavy atom. The molecule has 0 aromatic rings. The van der Waals surface area contributed by atoms with Crippen LogP contribution in [0.5, 0.6) is 0 Å². The highest BCUT2D eigenvalue weighted by Crippen LogP contribution is 2.23. The number of likely N-dealkylation sites (N-methyl/N-ethyl adjacent to an activating group) is 1. The Hall–Kier alpha value is -1.10. The minimum Gasteiger partial charge on any atom is -0.480 e. The molecule has 1 atom stereocenters. The predicted octanol–water partition coefficient (Wildman–Crippen LogP) is 0.0121. The summed E-state index contributed by atoms with van der Waals surface area (Å²) in [5, 5.41) is 8.95. The monoisotopic (exact) mass is 214 g/mol. The van der Waals surface area contributed by atoms with Crippen LogP contribution in [0.2, 0.25) is 0 Å². The zero-order valence-electron chi connectivity index (χ0n) is 9.65. The SMILES string of the molecule is CC(C(=O)O)N1CCN(C)C(=O)C1(C)C. The van der Waals surface area contributed by atoms with Crippen LogP contribution in [-0.4, -0.2) is 58.5 Å². The number of carboxylic acids is 1. The maximum atomic E-state index is 11.9. The quantitative estimate of drug-likeness (QED) is 0.703. The van der Waals surface area contributed by atoms with Gasteiger partial charge in [0, 0.05) is 20.1 Å². The topological polar surface area (TPSA) is 60.9 Å². The second-order valence-corrected chi connectivity index (χ2v) is 4.49. The Balaban J connectivity index is 2.92. The van der Waals surface area contributed by atoms with Gasteiger partial charge in [0.15, 0.2) is 0 Å². The van der Waals surface area contributed by atoms with Gasteiger partial charge in [-0.25, -0.2) is 0 Å². The lowest BCUT2D eigenvalue weighted by molar-refractivity contribution is -0.156. The van der Waals surface area contributed by atoms with E-state index in [1.54, 1.807) is 37.6 Å². The largest absolute Gasteiger partial charge is 0.480 e. The van der Waals surface area contributed by atoms with Gasteiger partial charge >= 0.3 is 5.97 Å². The van der Waals surface area contributed by atoms with Gasteiger partial charge in [-0.2, -0.15) is 0 Å². The summed E-state index contributed by atoms with van der Waals surface area (Å²) < 4.78 is 0. The number of carbonyl (C=O) groups is 2. The Labute approximate surface area is 89.7 Å². The van der Waals surface area contributed by atoms with E-state index in [0.717, 1.165) is 0 Å². The van der Waals surface area contributed by atoms with Crippen molar-refractivity contribution >= 4 is 11.9 Å². The first-order valence-electron chi connectivity index (χ1n) is 5.03. The molecule has 5 heteroatoms. The summed E-state index contributed by atoms with van der Waals surface area (Å²) in [7, 11) is 1.74. The normalized spacial score (nSPS) is 24.0. The van der Waals surface area contributed by atoms with E-state index in [1.807, 2.05) is 0 Å². The summed E-state index contributed by atoms with van der Waals surface area (Å²) in [5.74, 6) is -0.915. The first-order valence-corrected chi connectivity index (χ1v) is 5.03. The first-order chi connectivity index (χ1) is 6.78. The molecular weight excluding hydrogens is 196 g/mol. The predicted molar refractivity (Wildman–Crippen MR) is 55.5 cm³/mol. The summed E-state index contributed by atoms with van der Waals surface area (Å²) in [6.07, 6.45) is 0. The van der Waals surface area contributed by atoms with E-state index in [0.29, 0.717) is 13.1 Å². The molecule has 1 aliphatic heterocycles. The Kier molecular flexibility index (Phi) is 3.04. The molecule has 1 amide bonds. The molecule has 1 N–H and O–H groups in total. The van der Waals surface area contributed by atoms with Gasteiger partial charge in [0.2, 0.25) is 5.91 Å². The molecule has 0 aliphatic carbocycles. The maximum absolute atomic E-state index is 11.9. The number of amides is 1. The fraction of sp³-hybridized carbons (Fsp3) is 0.800. The number of hydrogen-bond donors (Lipinski definition) is 1. The molecule has 0 aromatic heterocycles. The number of nitrogens with zero attached hydrogens (tertiary/aromatic N) is 2. The van der Waals surface area contributed by atoms with Crippen molar-refractivity contribution in [2.75, 3.05) is 20.1 Å². The smallest absolute Gasteiger partial charge is 0.320 e. The van der Waals surface area contributed by atoms with Gasteiger partial charge < -0.3 is 10.0 Å². The van der Waals surface area contributed by atoms with Crippen LogP contribution in [-0.2, 0) is 9.59 Å². The maximum Gasteiger partial charge on any atom is 0.320 e. The van der Waals surface area contributed by atoms with Gasteiger partial charge in [0.1, 0.15) is 6.04 Å². The highest BCUT2D eigenvalue weighted by atomic mass is 16.4. The highest BCUT2D eigenvalue weighted by Gasteiger charge is 2.44. The van der Waals surface area contributed by atoms with Crippen molar-refractivity contribution in [3.8, 4) is 0 Å². The van der Waals surface area contributed by atoms with Crippen molar-refractivity contribution < 1.29 is 14.7 Å². The summed E-state index contributed by atoms with van der Waals surface area (Å²) >= 11 is 0. The van der Waals surface area contributed by atoms with E-state index in [2.05, 4.69) is 0 Å². The van der Waals surface area contributed by atoms with Crippen LogP contribution >= 0.6 is 0 Å². The highest BCUT2D eigenvalue weighted by molar-refractivity contribution is 5.87. The van der Waals surface area contributed by atoms with Crippen LogP contribution in [0.1, 0.15) is 20.8 Å². The number of piperazine rings is 1. The molecule has 0 bridgehead atoms. The zero-order valence-corrected chi connectivity index (χ0v) is 9.65. The lowest BCUT2D eigenvalue weighted by atomic mass is 9.96. The number of aliphatic carboxylic acids is 1. The number of carboxylic acid groups (broad SMARTS) is 1. The molecule has 1 saturated heterocycles. The minimum absolute atomic E-state index is 0.0261. The van der Waals surface area contributed by atoms with Crippen LogP contribution in [0.15, 0.2) is 0 Å². The average molecular weight is 214 g/mol. The summed E-state index contributed by atoms with van der Waals surface area (Å²) in [4.78, 5) is 26.2. The molecule has 1 fully saturated rings. The first kappa shape index (κ1) is 12.0. The van der Waals surface area contributed by atoms with Crippen LogP contribution in [0, 0.1) is 0 Å². The molecule has 15 heavy (non-hydrogen) atoms. The average Bonchev–Trinajstić information content (AvgIpc) is 2.13. The number of hydrogen-bond acceptors (Lipinski definition) is 3. The van der Waals surface area contributed by atoms with Gasteiger partial charge in [-0.1, -0.05) is 0 Å². The van der Waals surface area contributed by atoms with Gasteiger partial charge in [0.05, 0.1) is 5.54 Å². The van der Waals surface area contributed by atoms with E-state index < -0.39 is 17.6 Å². The second kappa shape index (κ2) is 3.81. The second-order valence-electron chi connectivity index (χ2n) is 4.49. The third-order valence-electron chi connectivity index (χ3n) is 3.09. The van der Waals surface area contributed by atoms with Crippen molar-refractivity contribution in [2.24, 2.45) is 0 Å². The lowest BCUT2D eigenvalue weighted by Crippen LogP contribution is -2.65. The summed E-state index contributed by atoms with van der Waals surface area (Å²) in [6, 6.07) is -0.627. The van der Waals surface area contributed by atoms with Crippen LogP contribution in [0.4, 0.5) is 0 Å². The van der Waals surface area contributed by atoms with Crippen LogP contribution in [0.3, 0.4) is 0 Å². The van der Waals surface area contributed by atoms with E-state index in [-0.39, 0.29) is 5.91 Å². The molecule has 5 nitrogen and oxygen atoms in total. The van der Waals surface area contributed by atoms with Crippen molar-refractivity contribution in [3.63, 3.8) is 0 Å². The van der Waals surface area contributed by atoms with Crippen molar-refractivity contribution in [1.82, 2.24) is 9.80 Å². The van der Waals surface area contributed by atoms with E-state index >= 15 is 0 Å². The van der Waals surface area contributed by atoms with E-state index in [1.165, 1.54) is 0 Å². The number of carbonyl (C=O) groups excluding carboxylic acids is 1. The minimum atomic E-state index is -0.888. The Morgan fingerprint density at radius 2 is 2.00 bits per heavy atom. The van der Waals surface area contributed by atoms with Gasteiger partial charge in [-0.05, 0) is 20.8 Å². The molecule has 1 heterocycles. The zero-order chi connectivity index (χ0) is 11.8. The third-order valence-corrected chi connectivity index (χ3v) is 3.09. The molecule has 0 spiro atoms. The fourth-order valence-electron chi connectivity index (χ4n) is 2.04. The third kappa shape index (κ3) is 1.97. The van der Waals surface area contributed by atoms with Gasteiger partial charge in [0.25, 0.3) is 0 Å². The molecule has 0 radical (unpaired) electrons. The molecule has 1 unspecified atom stereocenters. The van der Waals surface area contributed by atoms with Crippen LogP contribution in [0.25, 0.3) is 0 Å². The molecule has 0 aromatic carbocycles. The van der Waals surface area contributed by atoms with Crippen LogP contribution < -0.4 is 0 Å². The van der Waals surface area contributed by atoms with Crippen molar-refractivity contribution in [3.05, 3.63) is 0 Å². The van der Waals surface area contributed by atoms with Gasteiger partial charge in [-0.15, -0.1) is 0 Å². The standard InChI is InChI=1S/C10H18N2O3/c1-7(8(13)14)12-6-5-11(4)9(15)10(12,2)3/h7H,5-6H2,1-4H3,(H,13,14). The van der Waals surface area contributed by atoms with E-state index in [9.17, 15) is 9.59 Å². The van der Waals surface area contributed by atoms with Gasteiger partial charge in [-0.3, -0.25) is 14.5 Å². The van der Waals surface area contributed by atoms with Crippen molar-refractivity contribution in [2.45, 2.75) is 32.4 Å². The number of rotatable bonds is 2. The summed E-state index contributed by atoms with van der Waals surface area (Å²) in [6.45, 7) is 6.33. The lowest BCUT2D eigenvalue weighted by Gasteiger charge is -2.46. The summed E-state index contributed by atoms with van der Waals surface area (Å²) in [5.41, 5.74) is -0.731. The molecule has 1 aliphatic rings. The molecule has 1 rings (SSSR count). The molecule has 86 valence electrons. The fourth-order valence-corrected chi connectivity index (χ4v) is 2.04. The van der Waals surface area contributed by atoms with E-state index in [4.69, 9.17) is 5.11 Å².